The second kappa shape index (κ2) is 8.91. The molecule has 0 radical (unpaired) electrons. The maximum Gasteiger partial charge on any atom is 0.219 e. The molecule has 34 heavy (non-hydrogen) atoms. The molecular weight excluding hydrogens is 453 g/mol. The van der Waals surface area contributed by atoms with Crippen molar-refractivity contribution in [1.82, 2.24) is 29.3 Å². The molecular formula is C24H22FN7OS. The van der Waals surface area contributed by atoms with E-state index < -0.39 is 5.82 Å². The molecule has 4 aromatic heterocycles. The highest BCUT2D eigenvalue weighted by Gasteiger charge is 2.26. The number of pyridine rings is 2. The van der Waals surface area contributed by atoms with Gasteiger partial charge in [-0.1, -0.05) is 11.8 Å². The summed E-state index contributed by atoms with van der Waals surface area (Å²) in [6, 6.07) is 7.10. The first kappa shape index (κ1) is 22.1. The smallest absolute Gasteiger partial charge is 0.219 e. The van der Waals surface area contributed by atoms with Crippen LogP contribution in [0.1, 0.15) is 37.1 Å². The summed E-state index contributed by atoms with van der Waals surface area (Å²) in [6.45, 7) is 5.03. The number of likely N-dealkylation sites (tertiary alicyclic amines) is 1. The van der Waals surface area contributed by atoms with E-state index in [0.717, 1.165) is 48.0 Å². The van der Waals surface area contributed by atoms with Crippen LogP contribution in [0, 0.1) is 24.1 Å². The zero-order valence-electron chi connectivity index (χ0n) is 18.8. The summed E-state index contributed by atoms with van der Waals surface area (Å²) in [5.41, 5.74) is 3.75. The highest BCUT2D eigenvalue weighted by molar-refractivity contribution is 7.99. The fraction of sp³-hybridized carbons (Fsp3) is 0.292. The Kier molecular flexibility index (Phi) is 5.79. The number of aromatic nitrogens is 5. The lowest BCUT2D eigenvalue weighted by molar-refractivity contribution is -0.130. The van der Waals surface area contributed by atoms with Crippen molar-refractivity contribution in [3.63, 3.8) is 0 Å². The van der Waals surface area contributed by atoms with Gasteiger partial charge in [-0.3, -0.25) is 9.48 Å². The lowest BCUT2D eigenvalue weighted by atomic mass is 10.0. The molecule has 1 atom stereocenters. The predicted octanol–water partition coefficient (Wildman–Crippen LogP) is 4.25. The van der Waals surface area contributed by atoms with Gasteiger partial charge in [0.2, 0.25) is 5.91 Å². The molecule has 1 fully saturated rings. The summed E-state index contributed by atoms with van der Waals surface area (Å²) in [6.07, 6.45) is 8.60. The minimum absolute atomic E-state index is 0.0792. The van der Waals surface area contributed by atoms with Crippen LogP contribution >= 0.6 is 11.8 Å². The first-order valence-corrected chi connectivity index (χ1v) is 11.8. The average Bonchev–Trinajstić information content (AvgIpc) is 3.44. The molecule has 1 saturated heterocycles. The molecule has 0 N–H and O–H groups in total. The summed E-state index contributed by atoms with van der Waals surface area (Å²) in [7, 11) is 0. The van der Waals surface area contributed by atoms with Crippen molar-refractivity contribution in [2.75, 3.05) is 13.1 Å². The Morgan fingerprint density at radius 2 is 2.18 bits per heavy atom. The topological polar surface area (TPSA) is 92.1 Å². The van der Waals surface area contributed by atoms with Crippen LogP contribution in [-0.4, -0.2) is 48.3 Å². The molecule has 1 aliphatic heterocycles. The molecule has 0 spiro atoms. The van der Waals surface area contributed by atoms with Gasteiger partial charge in [0.25, 0.3) is 0 Å². The molecule has 172 valence electrons. The number of carbonyl (C=O) groups excluding carboxylic acids is 1. The van der Waals surface area contributed by atoms with Crippen molar-refractivity contribution in [1.29, 1.82) is 5.26 Å². The Morgan fingerprint density at radius 3 is 2.94 bits per heavy atom. The molecule has 10 heteroatoms. The van der Waals surface area contributed by atoms with Gasteiger partial charge in [-0.05, 0) is 38.0 Å². The fourth-order valence-corrected chi connectivity index (χ4v) is 5.43. The Bertz CT molecular complexity index is 1440. The van der Waals surface area contributed by atoms with Gasteiger partial charge in [0.15, 0.2) is 5.82 Å². The molecule has 0 saturated carbocycles. The third kappa shape index (κ3) is 3.92. The summed E-state index contributed by atoms with van der Waals surface area (Å²) in [5.74, 6) is -0.346. The van der Waals surface area contributed by atoms with Crippen LogP contribution in [0.5, 0.6) is 0 Å². The van der Waals surface area contributed by atoms with Crippen molar-refractivity contribution in [2.45, 2.75) is 42.7 Å². The Morgan fingerprint density at radius 1 is 1.32 bits per heavy atom. The number of hydrogen-bond donors (Lipinski definition) is 0. The molecule has 0 aliphatic carbocycles. The van der Waals surface area contributed by atoms with E-state index >= 15 is 0 Å². The van der Waals surface area contributed by atoms with E-state index in [1.165, 1.54) is 18.5 Å². The standard InChI is InChI=1S/C24H22FN7OS/c1-15-20(12-29-32(15)19-5-4-8-30(14-19)16(2)33)17-9-22(34-24-21(25)6-3-7-27-24)23-18(10-26)11-28-31(23)13-17/h3,6-7,9,11-13,19H,4-5,8,14H2,1-2H3/t19-/m0/s1. The van der Waals surface area contributed by atoms with Crippen LogP contribution in [0.3, 0.4) is 0 Å². The maximum atomic E-state index is 14.4. The van der Waals surface area contributed by atoms with Crippen LogP contribution in [-0.2, 0) is 4.79 Å². The maximum absolute atomic E-state index is 14.4. The summed E-state index contributed by atoms with van der Waals surface area (Å²) < 4.78 is 18.0. The van der Waals surface area contributed by atoms with Crippen molar-refractivity contribution < 1.29 is 9.18 Å². The normalized spacial score (nSPS) is 16.1. The Labute approximate surface area is 200 Å². The largest absolute Gasteiger partial charge is 0.341 e. The van der Waals surface area contributed by atoms with Crippen LogP contribution in [0.2, 0.25) is 0 Å². The first-order chi connectivity index (χ1) is 16.5. The monoisotopic (exact) mass is 475 g/mol. The predicted molar refractivity (Wildman–Crippen MR) is 125 cm³/mol. The van der Waals surface area contributed by atoms with Gasteiger partial charge in [-0.25, -0.2) is 13.9 Å². The SMILES string of the molecule is CC(=O)N1CCC[C@H](n2ncc(-c3cc(Sc4ncccc4F)c4c(C#N)cnn4c3)c2C)C1. The fourth-order valence-electron chi connectivity index (χ4n) is 4.46. The van der Waals surface area contributed by atoms with Gasteiger partial charge in [0, 0.05) is 54.1 Å². The van der Waals surface area contributed by atoms with Crippen molar-refractivity contribution in [2.24, 2.45) is 0 Å². The summed E-state index contributed by atoms with van der Waals surface area (Å²) in [5, 5.41) is 18.8. The van der Waals surface area contributed by atoms with Gasteiger partial charge in [-0.2, -0.15) is 15.5 Å². The van der Waals surface area contributed by atoms with E-state index in [0.29, 0.717) is 22.5 Å². The number of carbonyl (C=O) groups is 1. The van der Waals surface area contributed by atoms with Crippen LogP contribution in [0.15, 0.2) is 52.9 Å². The van der Waals surface area contributed by atoms with Crippen LogP contribution in [0.4, 0.5) is 4.39 Å². The molecule has 0 aromatic carbocycles. The van der Waals surface area contributed by atoms with Gasteiger partial charge >= 0.3 is 0 Å². The lowest BCUT2D eigenvalue weighted by Gasteiger charge is -2.32. The Balaban J connectivity index is 1.57. The number of amides is 1. The zero-order chi connectivity index (χ0) is 23.8. The number of hydrogen-bond acceptors (Lipinski definition) is 6. The molecule has 4 aromatic rings. The number of piperidine rings is 1. The van der Waals surface area contributed by atoms with E-state index in [-0.39, 0.29) is 17.0 Å². The second-order valence-corrected chi connectivity index (χ2v) is 9.33. The summed E-state index contributed by atoms with van der Waals surface area (Å²) >= 11 is 1.16. The average molecular weight is 476 g/mol. The second-order valence-electron chi connectivity index (χ2n) is 8.30. The molecule has 5 heterocycles. The summed E-state index contributed by atoms with van der Waals surface area (Å²) in [4.78, 5) is 18.6. The van der Waals surface area contributed by atoms with Crippen LogP contribution < -0.4 is 0 Å². The molecule has 1 amide bonds. The van der Waals surface area contributed by atoms with Crippen molar-refractivity contribution in [3.8, 4) is 17.2 Å². The van der Waals surface area contributed by atoms with E-state index in [4.69, 9.17) is 0 Å². The number of nitriles is 1. The highest BCUT2D eigenvalue weighted by atomic mass is 32.2. The quantitative estimate of drug-likeness (QED) is 0.438. The van der Waals surface area contributed by atoms with Crippen molar-refractivity contribution >= 4 is 23.2 Å². The third-order valence-electron chi connectivity index (χ3n) is 6.17. The van der Waals surface area contributed by atoms with Crippen LogP contribution in [0.25, 0.3) is 16.6 Å². The molecule has 8 nitrogen and oxygen atoms in total. The minimum Gasteiger partial charge on any atom is -0.341 e. The number of rotatable bonds is 4. The van der Waals surface area contributed by atoms with Gasteiger partial charge in [0.05, 0.1) is 29.5 Å². The van der Waals surface area contributed by atoms with E-state index in [1.54, 1.807) is 17.5 Å². The van der Waals surface area contributed by atoms with Gasteiger partial charge < -0.3 is 4.90 Å². The minimum atomic E-state index is -0.426. The third-order valence-corrected chi connectivity index (χ3v) is 7.20. The zero-order valence-corrected chi connectivity index (χ0v) is 19.6. The van der Waals surface area contributed by atoms with Gasteiger partial charge in [-0.15, -0.1) is 0 Å². The molecule has 5 rings (SSSR count). The first-order valence-electron chi connectivity index (χ1n) is 11.0. The van der Waals surface area contributed by atoms with Gasteiger partial charge in [0.1, 0.15) is 11.1 Å². The molecule has 0 bridgehead atoms. The lowest BCUT2D eigenvalue weighted by Crippen LogP contribution is -2.39. The Hall–Kier alpha value is -3.71. The molecule has 1 aliphatic rings. The molecule has 0 unspecified atom stereocenters. The van der Waals surface area contributed by atoms with E-state index in [1.807, 2.05) is 35.0 Å². The van der Waals surface area contributed by atoms with E-state index in [9.17, 15) is 14.4 Å². The number of nitrogens with zero attached hydrogens (tertiary/aromatic N) is 7. The van der Waals surface area contributed by atoms with Crippen molar-refractivity contribution in [3.05, 3.63) is 60.1 Å². The number of fused-ring (bicyclic) bond motifs is 1. The highest BCUT2D eigenvalue weighted by Crippen LogP contribution is 2.37. The number of halogens is 1. The van der Waals surface area contributed by atoms with E-state index in [2.05, 4.69) is 21.3 Å².